The molecule has 1 rings (SSSR count). The van der Waals surface area contributed by atoms with E-state index in [1.807, 2.05) is 31.5 Å². The fourth-order valence-corrected chi connectivity index (χ4v) is 1.43. The van der Waals surface area contributed by atoms with E-state index in [0.717, 1.165) is 5.56 Å². The highest BCUT2D eigenvalue weighted by Crippen LogP contribution is 2.18. The van der Waals surface area contributed by atoms with Crippen molar-refractivity contribution in [1.82, 2.24) is 5.32 Å². The molecule has 5 heteroatoms. The summed E-state index contributed by atoms with van der Waals surface area (Å²) in [5.41, 5.74) is 2.17. The molecule has 0 amide bonds. The molecule has 1 aromatic rings. The minimum Gasteiger partial charge on any atom is -0.271 e. The van der Waals surface area contributed by atoms with Gasteiger partial charge in [0, 0.05) is 0 Å². The van der Waals surface area contributed by atoms with E-state index < -0.39 is 0 Å². The summed E-state index contributed by atoms with van der Waals surface area (Å²) in [7, 11) is 0. The Morgan fingerprint density at radius 1 is 1.44 bits per heavy atom. The molecule has 0 fully saturated rings. The van der Waals surface area contributed by atoms with Gasteiger partial charge >= 0.3 is 0 Å². The quantitative estimate of drug-likeness (QED) is 0.348. The molecule has 80 valence electrons. The van der Waals surface area contributed by atoms with Crippen LogP contribution in [0.4, 0.5) is 5.69 Å². The van der Waals surface area contributed by atoms with Crippen molar-refractivity contribution in [3.63, 3.8) is 0 Å². The summed E-state index contributed by atoms with van der Waals surface area (Å²) in [6, 6.07) is 7.44. The zero-order chi connectivity index (χ0) is 12.0. The smallest absolute Gasteiger partial charge is 0.183 e. The molecule has 4 nitrogen and oxygen atoms in total. The highest BCUT2D eigenvalue weighted by molar-refractivity contribution is 8.13. The number of rotatable bonds is 1. The van der Waals surface area contributed by atoms with Crippen molar-refractivity contribution in [1.29, 1.82) is 10.5 Å². The number of amidine groups is 1. The standard InChI is InChI=1S/C11H10N4S/c1-8-3-4-10(5-9(8)6-12)15-11(16-2)14-7-13/h3-5H,1-2H3,(H,14,15). The van der Waals surface area contributed by atoms with E-state index in [-0.39, 0.29) is 0 Å². The highest BCUT2D eigenvalue weighted by Gasteiger charge is 2.00. The minimum absolute atomic E-state index is 0.509. The Bertz CT molecular complexity index is 494. The van der Waals surface area contributed by atoms with Crippen molar-refractivity contribution in [2.45, 2.75) is 6.92 Å². The Labute approximate surface area is 98.6 Å². The summed E-state index contributed by atoms with van der Waals surface area (Å²) in [6.07, 6.45) is 3.63. The average molecular weight is 230 g/mol. The van der Waals surface area contributed by atoms with Crippen LogP contribution >= 0.6 is 11.8 Å². The van der Waals surface area contributed by atoms with Crippen LogP contribution in [0.25, 0.3) is 0 Å². The van der Waals surface area contributed by atoms with Gasteiger partial charge in [-0.05, 0) is 30.9 Å². The third-order valence-corrected chi connectivity index (χ3v) is 2.51. The molecular formula is C11H10N4S. The summed E-state index contributed by atoms with van der Waals surface area (Å²) >= 11 is 1.34. The molecule has 0 unspecified atom stereocenters. The zero-order valence-electron chi connectivity index (χ0n) is 8.98. The van der Waals surface area contributed by atoms with Crippen LogP contribution in [0.2, 0.25) is 0 Å². The van der Waals surface area contributed by atoms with Gasteiger partial charge in [0.05, 0.1) is 17.3 Å². The van der Waals surface area contributed by atoms with Gasteiger partial charge in [0.25, 0.3) is 0 Å². The molecule has 1 aromatic carbocycles. The lowest BCUT2D eigenvalue weighted by atomic mass is 10.1. The Kier molecular flexibility index (Phi) is 4.38. The molecule has 0 bridgehead atoms. The first-order chi connectivity index (χ1) is 7.71. The average Bonchev–Trinajstić information content (AvgIpc) is 2.30. The van der Waals surface area contributed by atoms with Gasteiger partial charge in [0.2, 0.25) is 0 Å². The lowest BCUT2D eigenvalue weighted by Crippen LogP contribution is -2.12. The minimum atomic E-state index is 0.509. The second-order valence-corrected chi connectivity index (χ2v) is 3.76. The molecule has 0 aliphatic carbocycles. The van der Waals surface area contributed by atoms with Gasteiger partial charge in [-0.1, -0.05) is 17.8 Å². The maximum absolute atomic E-state index is 8.87. The van der Waals surface area contributed by atoms with Crippen molar-refractivity contribution in [2.24, 2.45) is 4.99 Å². The second kappa shape index (κ2) is 5.79. The van der Waals surface area contributed by atoms with Gasteiger partial charge in [-0.25, -0.2) is 4.99 Å². The number of hydrogen-bond acceptors (Lipinski definition) is 4. The molecule has 0 aliphatic rings. The molecule has 0 radical (unpaired) electrons. The predicted molar refractivity (Wildman–Crippen MR) is 65.3 cm³/mol. The number of thioether (sulfide) groups is 1. The molecule has 0 aromatic heterocycles. The molecule has 0 spiro atoms. The van der Waals surface area contributed by atoms with Crippen molar-refractivity contribution in [3.8, 4) is 12.3 Å². The molecule has 1 N–H and O–H groups in total. The molecular weight excluding hydrogens is 220 g/mol. The molecule has 0 saturated heterocycles. The van der Waals surface area contributed by atoms with Crippen LogP contribution in [0.5, 0.6) is 0 Å². The predicted octanol–water partition coefficient (Wildman–Crippen LogP) is 2.29. The van der Waals surface area contributed by atoms with Crippen LogP contribution in [0, 0.1) is 29.7 Å². The van der Waals surface area contributed by atoms with Gasteiger partial charge in [-0.15, -0.1) is 0 Å². The number of benzene rings is 1. The van der Waals surface area contributed by atoms with Gasteiger partial charge in [-0.3, -0.25) is 5.32 Å². The number of hydrogen-bond donors (Lipinski definition) is 1. The topological polar surface area (TPSA) is 72.0 Å². The largest absolute Gasteiger partial charge is 0.271 e. The number of nitrogens with zero attached hydrogens (tertiary/aromatic N) is 3. The third-order valence-electron chi connectivity index (χ3n) is 1.93. The molecule has 16 heavy (non-hydrogen) atoms. The van der Waals surface area contributed by atoms with Crippen LogP contribution in [0.3, 0.4) is 0 Å². The van der Waals surface area contributed by atoms with Crippen molar-refractivity contribution < 1.29 is 0 Å². The molecule has 0 heterocycles. The van der Waals surface area contributed by atoms with E-state index in [9.17, 15) is 0 Å². The van der Waals surface area contributed by atoms with E-state index >= 15 is 0 Å². The van der Waals surface area contributed by atoms with Gasteiger partial charge in [-0.2, -0.15) is 10.5 Å². The summed E-state index contributed by atoms with van der Waals surface area (Å²) in [5.74, 6) is 0. The monoisotopic (exact) mass is 230 g/mol. The summed E-state index contributed by atoms with van der Waals surface area (Å²) < 4.78 is 0. The fraction of sp³-hybridized carbons (Fsp3) is 0.182. The molecule has 0 aliphatic heterocycles. The van der Waals surface area contributed by atoms with E-state index in [2.05, 4.69) is 16.4 Å². The van der Waals surface area contributed by atoms with Crippen LogP contribution in [-0.2, 0) is 0 Å². The first-order valence-electron chi connectivity index (χ1n) is 4.49. The SMILES string of the molecule is CSC(=Nc1ccc(C)c(C#N)c1)NC#N. The van der Waals surface area contributed by atoms with Crippen molar-refractivity contribution >= 4 is 22.6 Å². The highest BCUT2D eigenvalue weighted by atomic mass is 32.2. The Morgan fingerprint density at radius 2 is 2.19 bits per heavy atom. The summed E-state index contributed by atoms with van der Waals surface area (Å²) in [4.78, 5) is 4.21. The fourth-order valence-electron chi connectivity index (χ4n) is 1.09. The zero-order valence-corrected chi connectivity index (χ0v) is 9.80. The van der Waals surface area contributed by atoms with E-state index in [4.69, 9.17) is 10.5 Å². The molecule has 0 saturated carbocycles. The lowest BCUT2D eigenvalue weighted by Gasteiger charge is -2.01. The first-order valence-corrected chi connectivity index (χ1v) is 5.72. The third kappa shape index (κ3) is 3.01. The first kappa shape index (κ1) is 12.1. The number of aliphatic imine (C=N–C) groups is 1. The Balaban J connectivity index is 3.07. The Morgan fingerprint density at radius 3 is 2.75 bits per heavy atom. The van der Waals surface area contributed by atoms with Crippen LogP contribution in [-0.4, -0.2) is 11.4 Å². The molecule has 0 atom stereocenters. The van der Waals surface area contributed by atoms with Gasteiger partial charge < -0.3 is 0 Å². The maximum atomic E-state index is 8.87. The van der Waals surface area contributed by atoms with E-state index in [1.54, 1.807) is 6.07 Å². The number of nitriles is 2. The van der Waals surface area contributed by atoms with E-state index in [0.29, 0.717) is 16.4 Å². The second-order valence-electron chi connectivity index (χ2n) is 2.97. The Hall–Kier alpha value is -1.98. The summed E-state index contributed by atoms with van der Waals surface area (Å²) in [6.45, 7) is 1.87. The number of aryl methyl sites for hydroxylation is 1. The van der Waals surface area contributed by atoms with Gasteiger partial charge in [0.15, 0.2) is 11.4 Å². The maximum Gasteiger partial charge on any atom is 0.183 e. The van der Waals surface area contributed by atoms with Crippen molar-refractivity contribution in [3.05, 3.63) is 29.3 Å². The van der Waals surface area contributed by atoms with E-state index in [1.165, 1.54) is 11.8 Å². The van der Waals surface area contributed by atoms with Crippen LogP contribution < -0.4 is 5.32 Å². The number of nitrogens with one attached hydrogen (secondary N) is 1. The van der Waals surface area contributed by atoms with Crippen LogP contribution in [0.1, 0.15) is 11.1 Å². The normalized spacial score (nSPS) is 10.4. The van der Waals surface area contributed by atoms with Crippen molar-refractivity contribution in [2.75, 3.05) is 6.26 Å². The summed E-state index contributed by atoms with van der Waals surface area (Å²) in [5, 5.41) is 20.3. The van der Waals surface area contributed by atoms with Gasteiger partial charge in [0.1, 0.15) is 0 Å². The van der Waals surface area contributed by atoms with Crippen LogP contribution in [0.15, 0.2) is 23.2 Å². The lowest BCUT2D eigenvalue weighted by molar-refractivity contribution is 1.27.